The van der Waals surface area contributed by atoms with Gasteiger partial charge in [0, 0.05) is 6.04 Å². The molecule has 3 heteroatoms. The Bertz CT molecular complexity index is 662. The van der Waals surface area contributed by atoms with Crippen molar-refractivity contribution in [2.75, 3.05) is 6.54 Å². The van der Waals surface area contributed by atoms with Crippen molar-refractivity contribution in [3.8, 4) is 11.1 Å². The second kappa shape index (κ2) is 6.58. The van der Waals surface area contributed by atoms with E-state index in [0.717, 1.165) is 29.7 Å². The monoisotopic (exact) mass is 293 g/mol. The molecule has 0 aliphatic carbocycles. The number of hydrogen-bond acceptors (Lipinski definition) is 2. The van der Waals surface area contributed by atoms with Gasteiger partial charge in [-0.15, -0.1) is 0 Å². The average Bonchev–Trinajstić information content (AvgIpc) is 2.57. The van der Waals surface area contributed by atoms with Gasteiger partial charge in [0.15, 0.2) is 0 Å². The van der Waals surface area contributed by atoms with Gasteiger partial charge in [-0.1, -0.05) is 66.7 Å². The van der Waals surface area contributed by atoms with Crippen LogP contribution in [0, 0.1) is 0 Å². The van der Waals surface area contributed by atoms with E-state index in [0.29, 0.717) is 0 Å². The highest BCUT2D eigenvalue weighted by Gasteiger charge is 2.28. The molecule has 2 N–H and O–H groups in total. The molecule has 1 aliphatic heterocycles. The third-order valence-corrected chi connectivity index (χ3v) is 4.04. The average molecular weight is 293 g/mol. The van der Waals surface area contributed by atoms with Gasteiger partial charge >= 0.3 is 5.97 Å². The maximum absolute atomic E-state index is 11.7. The molecule has 0 amide bonds. The number of carboxylic acid groups (broad SMARTS) is 1. The summed E-state index contributed by atoms with van der Waals surface area (Å²) in [5, 5.41) is 12.9. The van der Waals surface area contributed by atoms with Gasteiger partial charge in [-0.25, -0.2) is 0 Å². The summed E-state index contributed by atoms with van der Waals surface area (Å²) in [6.45, 7) is 0.826. The zero-order chi connectivity index (χ0) is 15.4. The summed E-state index contributed by atoms with van der Waals surface area (Å²) in [7, 11) is 0. The third-order valence-electron chi connectivity index (χ3n) is 4.04. The first-order valence-electron chi connectivity index (χ1n) is 7.54. The molecule has 22 heavy (non-hydrogen) atoms. The summed E-state index contributed by atoms with van der Waals surface area (Å²) in [6, 6.07) is 17.8. The number of aliphatic carboxylic acids is 1. The Kier molecular flexibility index (Phi) is 4.35. The number of carbonyl (C=O) groups is 1. The largest absolute Gasteiger partial charge is 0.481 e. The lowest BCUT2D eigenvalue weighted by molar-refractivity contribution is -0.139. The van der Waals surface area contributed by atoms with Crippen molar-refractivity contribution >= 4 is 5.97 Å². The van der Waals surface area contributed by atoms with E-state index in [1.165, 1.54) is 0 Å². The highest BCUT2D eigenvalue weighted by molar-refractivity contribution is 5.78. The lowest BCUT2D eigenvalue weighted by Crippen LogP contribution is -2.39. The normalized spacial score (nSPS) is 18.8. The number of rotatable bonds is 4. The fourth-order valence-electron chi connectivity index (χ4n) is 2.89. The van der Waals surface area contributed by atoms with Crippen LogP contribution in [0.15, 0.2) is 66.7 Å². The Labute approximate surface area is 130 Å². The Balaban J connectivity index is 1.88. The van der Waals surface area contributed by atoms with E-state index < -0.39 is 11.9 Å². The Morgan fingerprint density at radius 2 is 1.73 bits per heavy atom. The predicted octanol–water partition coefficient (Wildman–Crippen LogP) is 3.44. The van der Waals surface area contributed by atoms with Crippen LogP contribution in [0.3, 0.4) is 0 Å². The lowest BCUT2D eigenvalue weighted by Gasteiger charge is -2.25. The summed E-state index contributed by atoms with van der Waals surface area (Å²) in [6.07, 6.45) is 4.97. The summed E-state index contributed by atoms with van der Waals surface area (Å²) < 4.78 is 0. The molecule has 3 rings (SSSR count). The van der Waals surface area contributed by atoms with Crippen molar-refractivity contribution in [2.45, 2.75) is 18.4 Å². The molecule has 3 nitrogen and oxygen atoms in total. The second-order valence-electron chi connectivity index (χ2n) is 5.50. The summed E-state index contributed by atoms with van der Waals surface area (Å²) >= 11 is 0. The van der Waals surface area contributed by atoms with Crippen LogP contribution < -0.4 is 5.32 Å². The van der Waals surface area contributed by atoms with Crippen molar-refractivity contribution in [3.05, 3.63) is 72.3 Å². The van der Waals surface area contributed by atoms with Crippen LogP contribution in [0.25, 0.3) is 11.1 Å². The molecule has 1 aliphatic rings. The van der Waals surface area contributed by atoms with Crippen molar-refractivity contribution in [1.29, 1.82) is 0 Å². The molecule has 1 unspecified atom stereocenters. The van der Waals surface area contributed by atoms with E-state index in [-0.39, 0.29) is 6.04 Å². The fraction of sp³-hybridized carbons (Fsp3) is 0.211. The SMILES string of the molecule is O=C(O)[C@H](c1ccc(-c2ccccc2)cc1)C1C=CCCN1. The van der Waals surface area contributed by atoms with Gasteiger partial charge in [-0.3, -0.25) is 4.79 Å². The van der Waals surface area contributed by atoms with Gasteiger partial charge < -0.3 is 10.4 Å². The van der Waals surface area contributed by atoms with Crippen LogP contribution >= 0.6 is 0 Å². The zero-order valence-electron chi connectivity index (χ0n) is 12.3. The maximum atomic E-state index is 11.7. The minimum Gasteiger partial charge on any atom is -0.481 e. The predicted molar refractivity (Wildman–Crippen MR) is 87.8 cm³/mol. The standard InChI is InChI=1S/C19H19NO2/c21-19(22)18(17-8-4-5-13-20-17)16-11-9-15(10-12-16)14-6-2-1-3-7-14/h1-4,6-12,17-18,20H,5,13H2,(H,21,22)/t17?,18-/m1/s1. The van der Waals surface area contributed by atoms with Crippen LogP contribution in [0.4, 0.5) is 0 Å². The lowest BCUT2D eigenvalue weighted by atomic mass is 9.89. The first kappa shape index (κ1) is 14.5. The van der Waals surface area contributed by atoms with Gasteiger partial charge in [0.2, 0.25) is 0 Å². The topological polar surface area (TPSA) is 49.3 Å². The number of carboxylic acids is 1. The molecule has 0 saturated carbocycles. The zero-order valence-corrected chi connectivity index (χ0v) is 12.3. The van der Waals surface area contributed by atoms with Crippen molar-refractivity contribution in [1.82, 2.24) is 5.32 Å². The van der Waals surface area contributed by atoms with Crippen molar-refractivity contribution in [3.63, 3.8) is 0 Å². The first-order valence-corrected chi connectivity index (χ1v) is 7.54. The molecule has 2 atom stereocenters. The molecule has 0 spiro atoms. The summed E-state index contributed by atoms with van der Waals surface area (Å²) in [5.41, 5.74) is 3.06. The number of nitrogens with one attached hydrogen (secondary N) is 1. The highest BCUT2D eigenvalue weighted by Crippen LogP contribution is 2.26. The van der Waals surface area contributed by atoms with E-state index in [4.69, 9.17) is 0 Å². The van der Waals surface area contributed by atoms with Crippen LogP contribution in [0.5, 0.6) is 0 Å². The minimum absolute atomic E-state index is 0.145. The Hall–Kier alpha value is -2.39. The quantitative estimate of drug-likeness (QED) is 0.849. The molecule has 0 bridgehead atoms. The van der Waals surface area contributed by atoms with Gasteiger partial charge in [-0.2, -0.15) is 0 Å². The van der Waals surface area contributed by atoms with Gasteiger partial charge in [-0.05, 0) is 29.7 Å². The van der Waals surface area contributed by atoms with Gasteiger partial charge in [0.05, 0.1) is 0 Å². The van der Waals surface area contributed by atoms with Crippen LogP contribution in [0.1, 0.15) is 17.9 Å². The molecule has 112 valence electrons. The van der Waals surface area contributed by atoms with Gasteiger partial charge in [0.1, 0.15) is 5.92 Å². The third kappa shape index (κ3) is 3.10. The maximum Gasteiger partial charge on any atom is 0.312 e. The number of hydrogen-bond donors (Lipinski definition) is 2. The fourth-order valence-corrected chi connectivity index (χ4v) is 2.89. The molecule has 1 heterocycles. The summed E-state index contributed by atoms with van der Waals surface area (Å²) in [5.74, 6) is -1.35. The molecule has 0 radical (unpaired) electrons. The molecule has 2 aromatic rings. The smallest absolute Gasteiger partial charge is 0.312 e. The molecule has 0 saturated heterocycles. The summed E-state index contributed by atoms with van der Waals surface area (Å²) in [4.78, 5) is 11.7. The molecular formula is C19H19NO2. The van der Waals surface area contributed by atoms with Crippen LogP contribution in [0.2, 0.25) is 0 Å². The minimum atomic E-state index is -0.795. The van der Waals surface area contributed by atoms with Crippen molar-refractivity contribution < 1.29 is 9.90 Å². The van der Waals surface area contributed by atoms with Crippen LogP contribution in [-0.2, 0) is 4.79 Å². The highest BCUT2D eigenvalue weighted by atomic mass is 16.4. The van der Waals surface area contributed by atoms with Gasteiger partial charge in [0.25, 0.3) is 0 Å². The molecular weight excluding hydrogens is 274 g/mol. The molecule has 0 aromatic heterocycles. The van der Waals surface area contributed by atoms with E-state index in [1.54, 1.807) is 0 Å². The number of benzene rings is 2. The van der Waals surface area contributed by atoms with E-state index in [9.17, 15) is 9.90 Å². The molecule has 0 fully saturated rings. The second-order valence-corrected chi connectivity index (χ2v) is 5.50. The Morgan fingerprint density at radius 1 is 1.05 bits per heavy atom. The van der Waals surface area contributed by atoms with E-state index >= 15 is 0 Å². The van der Waals surface area contributed by atoms with E-state index in [2.05, 4.69) is 23.5 Å². The van der Waals surface area contributed by atoms with E-state index in [1.807, 2.05) is 48.5 Å². The Morgan fingerprint density at radius 3 is 2.32 bits per heavy atom. The van der Waals surface area contributed by atoms with Crippen molar-refractivity contribution in [2.24, 2.45) is 0 Å². The first-order chi connectivity index (χ1) is 10.8. The molecule has 2 aromatic carbocycles. The van der Waals surface area contributed by atoms with Crippen LogP contribution in [-0.4, -0.2) is 23.7 Å².